The lowest BCUT2D eigenvalue weighted by Gasteiger charge is -2.28. The summed E-state index contributed by atoms with van der Waals surface area (Å²) >= 11 is 3.57. The molecule has 0 N–H and O–H groups in total. The Kier molecular flexibility index (Phi) is 18.2. The van der Waals surface area contributed by atoms with Gasteiger partial charge in [0, 0.05) is 11.5 Å². The van der Waals surface area contributed by atoms with E-state index < -0.39 is 5.41 Å². The highest BCUT2D eigenvalue weighted by atomic mass is 79.9. The van der Waals surface area contributed by atoms with Crippen LogP contribution in [0.25, 0.3) is 0 Å². The standard InChI is InChI=1S/C36H54BrN3O2/c1-5-6-7-8-9-10-11-12-13-14-15-26-36(29-38,31-20-22-32(37)23-21-31)27-16-17-33(40-39-2)24-18-30-19-25-34(41-3)35(28-30)42-4/h19-23,25,28,33H,5-18,24,26-27H2,1-4H3. The third-order valence-electron chi connectivity index (χ3n) is 8.45. The van der Waals surface area contributed by atoms with E-state index in [9.17, 15) is 5.26 Å². The van der Waals surface area contributed by atoms with Crippen LogP contribution in [0.15, 0.2) is 57.2 Å². The smallest absolute Gasteiger partial charge is 0.160 e. The third-order valence-corrected chi connectivity index (χ3v) is 8.98. The van der Waals surface area contributed by atoms with Gasteiger partial charge in [0.15, 0.2) is 11.5 Å². The second kappa shape index (κ2) is 21.3. The average molecular weight is 641 g/mol. The lowest BCUT2D eigenvalue weighted by atomic mass is 9.73. The fourth-order valence-electron chi connectivity index (χ4n) is 5.88. The van der Waals surface area contributed by atoms with Crippen molar-refractivity contribution in [3.63, 3.8) is 0 Å². The minimum absolute atomic E-state index is 0.131. The normalized spacial score (nSPS) is 13.5. The Hall–Kier alpha value is -2.39. The van der Waals surface area contributed by atoms with Crippen LogP contribution in [0.1, 0.15) is 121 Å². The number of methoxy groups -OCH3 is 2. The summed E-state index contributed by atoms with van der Waals surface area (Å²) < 4.78 is 11.9. The van der Waals surface area contributed by atoms with E-state index in [1.165, 1.54) is 69.8 Å². The Morgan fingerprint density at radius 3 is 1.95 bits per heavy atom. The van der Waals surface area contributed by atoms with Gasteiger partial charge in [-0.25, -0.2) is 0 Å². The van der Waals surface area contributed by atoms with Gasteiger partial charge < -0.3 is 9.47 Å². The highest BCUT2D eigenvalue weighted by molar-refractivity contribution is 9.10. The van der Waals surface area contributed by atoms with E-state index in [-0.39, 0.29) is 6.04 Å². The molecular weight excluding hydrogens is 586 g/mol. The zero-order chi connectivity index (χ0) is 30.5. The van der Waals surface area contributed by atoms with Gasteiger partial charge in [-0.2, -0.15) is 15.5 Å². The van der Waals surface area contributed by atoms with E-state index in [1.807, 2.05) is 12.1 Å². The molecule has 2 rings (SSSR count). The van der Waals surface area contributed by atoms with E-state index in [2.05, 4.69) is 69.5 Å². The van der Waals surface area contributed by atoms with Crippen LogP contribution in [-0.4, -0.2) is 27.3 Å². The lowest BCUT2D eigenvalue weighted by molar-refractivity contribution is 0.354. The van der Waals surface area contributed by atoms with Crippen molar-refractivity contribution in [1.29, 1.82) is 5.26 Å². The molecule has 2 unspecified atom stereocenters. The molecule has 0 fully saturated rings. The molecule has 5 nitrogen and oxygen atoms in total. The molecule has 0 radical (unpaired) electrons. The molecule has 0 aliphatic heterocycles. The van der Waals surface area contributed by atoms with Gasteiger partial charge >= 0.3 is 0 Å². The zero-order valence-electron chi connectivity index (χ0n) is 26.7. The minimum Gasteiger partial charge on any atom is -0.493 e. The molecule has 0 bridgehead atoms. The number of benzene rings is 2. The maximum absolute atomic E-state index is 10.5. The highest BCUT2D eigenvalue weighted by Crippen LogP contribution is 2.36. The number of nitrogens with zero attached hydrogens (tertiary/aromatic N) is 3. The summed E-state index contributed by atoms with van der Waals surface area (Å²) in [6.07, 6.45) is 19.9. The molecule has 0 saturated carbocycles. The predicted molar refractivity (Wildman–Crippen MR) is 179 cm³/mol. The number of unbranched alkanes of at least 4 members (excludes halogenated alkanes) is 10. The fourth-order valence-corrected chi connectivity index (χ4v) is 6.15. The van der Waals surface area contributed by atoms with Crippen molar-refractivity contribution in [2.75, 3.05) is 21.3 Å². The number of aryl methyl sites for hydroxylation is 1. The van der Waals surface area contributed by atoms with Crippen molar-refractivity contribution in [2.45, 2.75) is 128 Å². The van der Waals surface area contributed by atoms with Crippen LogP contribution in [0, 0.1) is 11.3 Å². The molecule has 42 heavy (non-hydrogen) atoms. The second-order valence-corrected chi connectivity index (χ2v) is 12.5. The topological polar surface area (TPSA) is 67.0 Å². The van der Waals surface area contributed by atoms with Gasteiger partial charge in [0.2, 0.25) is 0 Å². The van der Waals surface area contributed by atoms with Gasteiger partial charge in [-0.15, -0.1) is 0 Å². The number of halogens is 1. The summed E-state index contributed by atoms with van der Waals surface area (Å²) in [6, 6.07) is 17.4. The van der Waals surface area contributed by atoms with E-state index in [1.54, 1.807) is 21.3 Å². The van der Waals surface area contributed by atoms with Crippen LogP contribution in [0.3, 0.4) is 0 Å². The maximum Gasteiger partial charge on any atom is 0.160 e. The van der Waals surface area contributed by atoms with Crippen LogP contribution < -0.4 is 9.47 Å². The maximum atomic E-state index is 10.5. The molecule has 0 aliphatic rings. The summed E-state index contributed by atoms with van der Waals surface area (Å²) in [4.78, 5) is 0. The molecule has 0 aromatic heterocycles. The molecule has 0 aliphatic carbocycles. The van der Waals surface area contributed by atoms with E-state index in [0.29, 0.717) is 0 Å². The van der Waals surface area contributed by atoms with Crippen LogP contribution in [0.2, 0.25) is 0 Å². The largest absolute Gasteiger partial charge is 0.493 e. The van der Waals surface area contributed by atoms with E-state index >= 15 is 0 Å². The first-order valence-electron chi connectivity index (χ1n) is 16.2. The quantitative estimate of drug-likeness (QED) is 0.0896. The summed E-state index contributed by atoms with van der Waals surface area (Å²) in [7, 11) is 5.07. The zero-order valence-corrected chi connectivity index (χ0v) is 28.3. The van der Waals surface area contributed by atoms with E-state index in [4.69, 9.17) is 9.47 Å². The molecular formula is C36H54BrN3O2. The number of ether oxygens (including phenoxy) is 2. The first-order valence-corrected chi connectivity index (χ1v) is 17.0. The summed E-state index contributed by atoms with van der Waals surface area (Å²) in [6.45, 7) is 2.27. The number of rotatable bonds is 23. The highest BCUT2D eigenvalue weighted by Gasteiger charge is 2.31. The van der Waals surface area contributed by atoms with Crippen molar-refractivity contribution in [3.05, 3.63) is 58.1 Å². The van der Waals surface area contributed by atoms with Crippen LogP contribution in [0.5, 0.6) is 11.5 Å². The number of nitriles is 1. The van der Waals surface area contributed by atoms with E-state index in [0.717, 1.165) is 66.5 Å². The SMILES string of the molecule is CCCCCCCCCCCCCC(C#N)(CCCC(CCc1ccc(OC)c(OC)c1)N=NC)c1ccc(Br)cc1. The monoisotopic (exact) mass is 639 g/mol. The Labute approximate surface area is 264 Å². The molecule has 0 heterocycles. The van der Waals surface area contributed by atoms with Crippen molar-refractivity contribution in [3.8, 4) is 17.6 Å². The van der Waals surface area contributed by atoms with Gasteiger partial charge in [0.25, 0.3) is 0 Å². The summed E-state index contributed by atoms with van der Waals surface area (Å²) in [5.41, 5.74) is 1.87. The summed E-state index contributed by atoms with van der Waals surface area (Å²) in [5.74, 6) is 1.49. The molecule has 0 spiro atoms. The molecule has 2 aromatic rings. The van der Waals surface area contributed by atoms with Crippen LogP contribution in [-0.2, 0) is 11.8 Å². The third kappa shape index (κ3) is 12.9. The average Bonchev–Trinajstić information content (AvgIpc) is 3.01. The fraction of sp³-hybridized carbons (Fsp3) is 0.639. The van der Waals surface area contributed by atoms with Crippen molar-refractivity contribution in [2.24, 2.45) is 10.2 Å². The molecule has 0 amide bonds. The number of hydrogen-bond donors (Lipinski definition) is 0. The van der Waals surface area contributed by atoms with Gasteiger partial charge in [-0.1, -0.05) is 112 Å². The Bertz CT molecular complexity index is 1070. The van der Waals surface area contributed by atoms with Crippen LogP contribution in [0.4, 0.5) is 0 Å². The molecule has 2 aromatic carbocycles. The van der Waals surface area contributed by atoms with Gasteiger partial charge in [-0.05, 0) is 73.9 Å². The van der Waals surface area contributed by atoms with Crippen molar-refractivity contribution >= 4 is 15.9 Å². The van der Waals surface area contributed by atoms with Crippen molar-refractivity contribution in [1.82, 2.24) is 0 Å². The van der Waals surface area contributed by atoms with Gasteiger partial charge in [0.1, 0.15) is 0 Å². The first-order chi connectivity index (χ1) is 20.5. The van der Waals surface area contributed by atoms with Crippen molar-refractivity contribution < 1.29 is 9.47 Å². The first kappa shape index (κ1) is 35.8. The van der Waals surface area contributed by atoms with Crippen LogP contribution >= 0.6 is 15.9 Å². The summed E-state index contributed by atoms with van der Waals surface area (Å²) in [5, 5.41) is 19.2. The lowest BCUT2D eigenvalue weighted by Crippen LogP contribution is -2.25. The van der Waals surface area contributed by atoms with Gasteiger partial charge in [0.05, 0.1) is 31.7 Å². The Balaban J connectivity index is 1.91. The van der Waals surface area contributed by atoms with Gasteiger partial charge in [-0.3, -0.25) is 0 Å². The predicted octanol–water partition coefficient (Wildman–Crippen LogP) is 11.2. The molecule has 2 atom stereocenters. The Morgan fingerprint density at radius 2 is 1.38 bits per heavy atom. The Morgan fingerprint density at radius 1 is 0.786 bits per heavy atom. The molecule has 6 heteroatoms. The number of hydrogen-bond acceptors (Lipinski definition) is 5. The minimum atomic E-state index is -0.461. The molecule has 232 valence electrons. The second-order valence-electron chi connectivity index (χ2n) is 11.6. The molecule has 0 saturated heterocycles. The number of azo groups is 1.